The van der Waals surface area contributed by atoms with Crippen LogP contribution >= 0.6 is 0 Å². The molecular weight excluding hydrogens is 400 g/mol. The van der Waals surface area contributed by atoms with Gasteiger partial charge in [-0.25, -0.2) is 13.1 Å². The van der Waals surface area contributed by atoms with E-state index in [9.17, 15) is 16.8 Å². The second kappa shape index (κ2) is 6.88. The van der Waals surface area contributed by atoms with E-state index >= 15 is 0 Å². The fraction of sp³-hybridized carbons (Fsp3) is 0.526. The summed E-state index contributed by atoms with van der Waals surface area (Å²) >= 11 is 0. The lowest BCUT2D eigenvalue weighted by Crippen LogP contribution is -2.20. The molecule has 28 heavy (non-hydrogen) atoms. The molecule has 0 radical (unpaired) electrons. The van der Waals surface area contributed by atoms with Gasteiger partial charge >= 0.3 is 10.1 Å². The highest BCUT2D eigenvalue weighted by molar-refractivity contribution is 7.91. The van der Waals surface area contributed by atoms with E-state index in [1.165, 1.54) is 4.68 Å². The Bertz CT molecular complexity index is 1130. The topological polar surface area (TPSA) is 95.3 Å². The van der Waals surface area contributed by atoms with Gasteiger partial charge in [0.05, 0.1) is 22.6 Å². The lowest BCUT2D eigenvalue weighted by molar-refractivity contribution is 0.452. The summed E-state index contributed by atoms with van der Waals surface area (Å²) in [6, 6.07) is 3.46. The fourth-order valence-electron chi connectivity index (χ4n) is 3.96. The summed E-state index contributed by atoms with van der Waals surface area (Å²) in [7, 11) is -5.34. The molecule has 0 spiro atoms. The van der Waals surface area contributed by atoms with Gasteiger partial charge in [0.1, 0.15) is 0 Å². The highest BCUT2D eigenvalue weighted by Gasteiger charge is 2.42. The van der Waals surface area contributed by atoms with Crippen molar-refractivity contribution < 1.29 is 21.0 Å². The number of rotatable bonds is 6. The average molecular weight is 427 g/mol. The predicted octanol–water partition coefficient (Wildman–Crippen LogP) is 2.50. The molecule has 3 rings (SSSR count). The highest BCUT2D eigenvalue weighted by Crippen LogP contribution is 2.42. The van der Waals surface area contributed by atoms with E-state index in [0.29, 0.717) is 23.3 Å². The summed E-state index contributed by atoms with van der Waals surface area (Å²) in [6.45, 7) is 7.56. The molecule has 9 heteroatoms. The Labute approximate surface area is 166 Å². The predicted molar refractivity (Wildman–Crippen MR) is 107 cm³/mol. The van der Waals surface area contributed by atoms with Gasteiger partial charge < -0.3 is 4.18 Å². The lowest BCUT2D eigenvalue weighted by atomic mass is 9.82. The first-order valence-corrected chi connectivity index (χ1v) is 12.4. The Balaban J connectivity index is 2.02. The number of aromatic nitrogens is 2. The smallest absolute Gasteiger partial charge is 0.310 e. The Morgan fingerprint density at radius 1 is 1.25 bits per heavy atom. The summed E-state index contributed by atoms with van der Waals surface area (Å²) in [4.78, 5) is 0.395. The maximum atomic E-state index is 12.5. The van der Waals surface area contributed by atoms with E-state index in [0.717, 1.165) is 16.7 Å². The Kier molecular flexibility index (Phi) is 5.12. The van der Waals surface area contributed by atoms with E-state index in [-0.39, 0.29) is 17.4 Å². The first-order chi connectivity index (χ1) is 12.9. The molecule has 0 N–H and O–H groups in total. The van der Waals surface area contributed by atoms with Crippen molar-refractivity contribution in [3.05, 3.63) is 40.6 Å². The number of hydrogen-bond donors (Lipinski definition) is 0. The van der Waals surface area contributed by atoms with Crippen LogP contribution in [0.1, 0.15) is 49.4 Å². The standard InChI is InChI=1S/C19H26N2O5S2/c1-6-9-28(24,25)26-18-15(11-20-21(18)5)10-14-7-8-16-17(13(14)2)19(3,4)12-27(16,22)23/h7-8,11H,6,9-10,12H2,1-5H3. The maximum absolute atomic E-state index is 12.5. The van der Waals surface area contributed by atoms with Crippen molar-refractivity contribution in [3.63, 3.8) is 0 Å². The minimum Gasteiger partial charge on any atom is -0.362 e. The molecule has 0 saturated heterocycles. The molecule has 0 unspecified atom stereocenters. The molecule has 7 nitrogen and oxygen atoms in total. The number of hydrogen-bond acceptors (Lipinski definition) is 6. The van der Waals surface area contributed by atoms with Crippen LogP contribution in [-0.2, 0) is 38.8 Å². The van der Waals surface area contributed by atoms with Crippen LogP contribution in [0.5, 0.6) is 5.88 Å². The molecule has 1 aromatic carbocycles. The third-order valence-corrected chi connectivity index (χ3v) is 8.53. The largest absolute Gasteiger partial charge is 0.362 e. The van der Waals surface area contributed by atoms with Gasteiger partial charge in [0, 0.05) is 24.4 Å². The van der Waals surface area contributed by atoms with E-state index in [1.54, 1.807) is 32.3 Å². The number of aryl methyl sites for hydroxylation is 1. The minimum atomic E-state index is -3.69. The Morgan fingerprint density at radius 3 is 2.57 bits per heavy atom. The molecule has 154 valence electrons. The quantitative estimate of drug-likeness (QED) is 0.659. The Hall–Kier alpha value is -1.87. The first kappa shape index (κ1) is 20.9. The van der Waals surface area contributed by atoms with Crippen LogP contribution < -0.4 is 4.18 Å². The number of nitrogens with zero attached hydrogens (tertiary/aromatic N) is 2. The van der Waals surface area contributed by atoms with E-state index in [2.05, 4.69) is 5.10 Å². The molecule has 0 bridgehead atoms. The lowest BCUT2D eigenvalue weighted by Gasteiger charge is -2.21. The normalized spacial score (nSPS) is 17.5. The van der Waals surface area contributed by atoms with Gasteiger partial charge in [-0.05, 0) is 36.1 Å². The summed E-state index contributed by atoms with van der Waals surface area (Å²) in [6.07, 6.45) is 2.45. The van der Waals surface area contributed by atoms with Gasteiger partial charge in [-0.1, -0.05) is 26.8 Å². The van der Waals surface area contributed by atoms with Gasteiger partial charge in [-0.2, -0.15) is 13.5 Å². The van der Waals surface area contributed by atoms with Gasteiger partial charge in [0.15, 0.2) is 9.84 Å². The third-order valence-electron chi connectivity index (χ3n) is 5.10. The van der Waals surface area contributed by atoms with Crippen LogP contribution in [0.4, 0.5) is 0 Å². The monoisotopic (exact) mass is 426 g/mol. The van der Waals surface area contributed by atoms with E-state index in [4.69, 9.17) is 4.18 Å². The molecule has 0 amide bonds. The molecule has 0 aliphatic carbocycles. The van der Waals surface area contributed by atoms with Crippen molar-refractivity contribution in [1.29, 1.82) is 0 Å². The van der Waals surface area contributed by atoms with Crippen molar-refractivity contribution in [2.24, 2.45) is 7.05 Å². The van der Waals surface area contributed by atoms with Crippen LogP contribution in [-0.4, -0.2) is 38.1 Å². The van der Waals surface area contributed by atoms with Crippen molar-refractivity contribution in [3.8, 4) is 5.88 Å². The van der Waals surface area contributed by atoms with Gasteiger partial charge in [0.25, 0.3) is 0 Å². The molecule has 2 heterocycles. The minimum absolute atomic E-state index is 0.0679. The first-order valence-electron chi connectivity index (χ1n) is 9.17. The van der Waals surface area contributed by atoms with Crippen molar-refractivity contribution in [2.75, 3.05) is 11.5 Å². The summed E-state index contributed by atoms with van der Waals surface area (Å²) < 4.78 is 55.8. The highest BCUT2D eigenvalue weighted by atomic mass is 32.2. The molecule has 1 aliphatic rings. The second-order valence-electron chi connectivity index (χ2n) is 7.99. The van der Waals surface area contributed by atoms with Crippen molar-refractivity contribution >= 4 is 20.0 Å². The number of benzene rings is 1. The molecule has 1 aliphatic heterocycles. The molecule has 0 saturated carbocycles. The van der Waals surface area contributed by atoms with Crippen LogP contribution in [0, 0.1) is 6.92 Å². The van der Waals surface area contributed by atoms with Gasteiger partial charge in [0.2, 0.25) is 5.88 Å². The van der Waals surface area contributed by atoms with Crippen LogP contribution in [0.15, 0.2) is 23.2 Å². The van der Waals surface area contributed by atoms with Crippen molar-refractivity contribution in [1.82, 2.24) is 9.78 Å². The Morgan fingerprint density at radius 2 is 1.93 bits per heavy atom. The van der Waals surface area contributed by atoms with Crippen LogP contribution in [0.2, 0.25) is 0 Å². The van der Waals surface area contributed by atoms with Crippen LogP contribution in [0.3, 0.4) is 0 Å². The van der Waals surface area contributed by atoms with Crippen LogP contribution in [0.25, 0.3) is 0 Å². The second-order valence-corrected chi connectivity index (χ2v) is 11.6. The van der Waals surface area contributed by atoms with E-state index in [1.807, 2.05) is 20.8 Å². The molecule has 0 atom stereocenters. The molecular formula is C19H26N2O5S2. The molecule has 1 aromatic heterocycles. The summed E-state index contributed by atoms with van der Waals surface area (Å²) in [5.74, 6) is 0.220. The third kappa shape index (κ3) is 3.69. The molecule has 0 fully saturated rings. The summed E-state index contributed by atoms with van der Waals surface area (Å²) in [5.41, 5.74) is 2.86. The fourth-order valence-corrected chi connectivity index (χ4v) is 7.27. The zero-order valence-electron chi connectivity index (χ0n) is 16.8. The number of sulfone groups is 1. The zero-order chi connectivity index (χ0) is 20.9. The summed E-state index contributed by atoms with van der Waals surface area (Å²) in [5, 5.41) is 4.14. The average Bonchev–Trinajstić information content (AvgIpc) is 2.96. The number of fused-ring (bicyclic) bond motifs is 1. The maximum Gasteiger partial charge on any atom is 0.310 e. The van der Waals surface area contributed by atoms with Gasteiger partial charge in [-0.15, -0.1) is 0 Å². The zero-order valence-corrected chi connectivity index (χ0v) is 18.4. The SMILES string of the molecule is CCCS(=O)(=O)Oc1c(Cc2ccc3c(c2C)C(C)(C)CS3(=O)=O)cnn1C. The molecule has 2 aromatic rings. The van der Waals surface area contributed by atoms with Crippen molar-refractivity contribution in [2.45, 2.75) is 50.8 Å². The van der Waals surface area contributed by atoms with E-state index < -0.39 is 25.4 Å². The van der Waals surface area contributed by atoms with Gasteiger partial charge in [-0.3, -0.25) is 0 Å².